The van der Waals surface area contributed by atoms with Crippen molar-refractivity contribution in [1.29, 1.82) is 0 Å². The molecule has 0 heterocycles. The number of sulfone groups is 1. The second-order valence-corrected chi connectivity index (χ2v) is 7.75. The summed E-state index contributed by atoms with van der Waals surface area (Å²) in [6.45, 7) is 3.19. The lowest BCUT2D eigenvalue weighted by atomic mass is 10.1. The highest BCUT2D eigenvalue weighted by Crippen LogP contribution is 2.19. The van der Waals surface area contributed by atoms with E-state index in [1.807, 2.05) is 12.1 Å². The molecule has 1 rings (SSSR count). The van der Waals surface area contributed by atoms with Crippen LogP contribution >= 0.6 is 0 Å². The van der Waals surface area contributed by atoms with Crippen LogP contribution in [-0.2, 0) is 21.2 Å². The van der Waals surface area contributed by atoms with Crippen LogP contribution in [-0.4, -0.2) is 37.3 Å². The predicted molar refractivity (Wildman–Crippen MR) is 76.3 cm³/mol. The molecule has 1 aromatic carbocycles. The molecule has 0 saturated carbocycles. The van der Waals surface area contributed by atoms with E-state index in [1.54, 1.807) is 19.2 Å². The number of nitrogens with two attached hydrogens (primary N) is 1. The normalized spacial score (nSPS) is 12.2. The topological polar surface area (TPSA) is 80.5 Å². The maximum absolute atomic E-state index is 12.2. The summed E-state index contributed by atoms with van der Waals surface area (Å²) in [7, 11) is -1.87. The molecule has 0 aliphatic carbocycles. The van der Waals surface area contributed by atoms with Crippen molar-refractivity contribution in [3.8, 4) is 0 Å². The second kappa shape index (κ2) is 5.21. The molecule has 106 valence electrons. The molecular formula is C13H20N2O3S. The van der Waals surface area contributed by atoms with Crippen LogP contribution in [0.5, 0.6) is 0 Å². The molecule has 6 heteroatoms. The number of anilines is 1. The molecule has 0 aliphatic rings. The van der Waals surface area contributed by atoms with Gasteiger partial charge in [0.2, 0.25) is 5.91 Å². The van der Waals surface area contributed by atoms with Crippen molar-refractivity contribution in [3.63, 3.8) is 0 Å². The first-order valence-electron chi connectivity index (χ1n) is 5.85. The van der Waals surface area contributed by atoms with Crippen molar-refractivity contribution in [2.75, 3.05) is 19.0 Å². The van der Waals surface area contributed by atoms with Crippen molar-refractivity contribution in [2.24, 2.45) is 0 Å². The maximum atomic E-state index is 12.2. The van der Waals surface area contributed by atoms with Crippen LogP contribution in [0.2, 0.25) is 0 Å². The number of carbonyl (C=O) groups is 1. The van der Waals surface area contributed by atoms with E-state index in [0.717, 1.165) is 11.8 Å². The lowest BCUT2D eigenvalue weighted by Crippen LogP contribution is -2.47. The summed E-state index contributed by atoms with van der Waals surface area (Å²) in [4.78, 5) is 13.6. The third kappa shape index (κ3) is 3.47. The van der Waals surface area contributed by atoms with E-state index in [9.17, 15) is 13.2 Å². The van der Waals surface area contributed by atoms with Crippen LogP contribution in [0.25, 0.3) is 0 Å². The number of nitrogen functional groups attached to an aromatic ring is 1. The smallest absolute Gasteiger partial charge is 0.243 e. The van der Waals surface area contributed by atoms with Crippen molar-refractivity contribution in [3.05, 3.63) is 29.8 Å². The molecule has 0 aromatic heterocycles. The van der Waals surface area contributed by atoms with Crippen LogP contribution in [0.4, 0.5) is 5.69 Å². The molecule has 0 bridgehead atoms. The van der Waals surface area contributed by atoms with E-state index >= 15 is 0 Å². The van der Waals surface area contributed by atoms with E-state index in [2.05, 4.69) is 0 Å². The van der Waals surface area contributed by atoms with Crippen molar-refractivity contribution >= 4 is 21.4 Å². The number of benzene rings is 1. The Morgan fingerprint density at radius 2 is 1.74 bits per heavy atom. The fraction of sp³-hybridized carbons (Fsp3) is 0.462. The Kier molecular flexibility index (Phi) is 4.25. The van der Waals surface area contributed by atoms with Gasteiger partial charge in [0.1, 0.15) is 4.75 Å². The Morgan fingerprint density at radius 3 is 2.16 bits per heavy atom. The molecule has 1 aromatic rings. The van der Waals surface area contributed by atoms with Gasteiger partial charge in [0, 0.05) is 25.5 Å². The summed E-state index contributed by atoms with van der Waals surface area (Å²) in [5.74, 6) is -0.424. The minimum Gasteiger partial charge on any atom is -0.399 e. The number of hydrogen-bond acceptors (Lipinski definition) is 4. The lowest BCUT2D eigenvalue weighted by Gasteiger charge is -2.27. The first-order valence-corrected chi connectivity index (χ1v) is 7.74. The molecular weight excluding hydrogens is 264 g/mol. The molecule has 1 amide bonds. The van der Waals surface area contributed by atoms with Gasteiger partial charge in [0.05, 0.1) is 0 Å². The van der Waals surface area contributed by atoms with E-state index < -0.39 is 20.5 Å². The number of hydrogen-bond donors (Lipinski definition) is 1. The molecule has 0 aliphatic heterocycles. The third-order valence-corrected chi connectivity index (χ3v) is 5.22. The Morgan fingerprint density at radius 1 is 1.26 bits per heavy atom. The Balaban J connectivity index is 2.87. The van der Waals surface area contributed by atoms with Gasteiger partial charge in [-0.05, 0) is 31.5 Å². The van der Waals surface area contributed by atoms with Gasteiger partial charge in [0.15, 0.2) is 9.84 Å². The Labute approximate surface area is 114 Å². The summed E-state index contributed by atoms with van der Waals surface area (Å²) in [6, 6.07) is 7.11. The second-order valence-electron chi connectivity index (χ2n) is 5.19. The first-order chi connectivity index (χ1) is 8.55. The molecule has 2 N–H and O–H groups in total. The molecule has 0 spiro atoms. The number of amides is 1. The molecule has 0 atom stereocenters. The van der Waals surface area contributed by atoms with Crippen LogP contribution in [0, 0.1) is 0 Å². The minimum atomic E-state index is -3.46. The zero-order chi connectivity index (χ0) is 14.8. The fourth-order valence-corrected chi connectivity index (χ4v) is 2.06. The average molecular weight is 284 g/mol. The molecule has 19 heavy (non-hydrogen) atoms. The highest BCUT2D eigenvalue weighted by Gasteiger charge is 2.40. The fourth-order valence-electron chi connectivity index (χ4n) is 1.59. The molecule has 0 unspecified atom stereocenters. The van der Waals surface area contributed by atoms with Gasteiger partial charge in [-0.15, -0.1) is 0 Å². The monoisotopic (exact) mass is 284 g/mol. The van der Waals surface area contributed by atoms with Crippen molar-refractivity contribution in [2.45, 2.75) is 25.1 Å². The molecule has 0 fully saturated rings. The van der Waals surface area contributed by atoms with Gasteiger partial charge < -0.3 is 10.6 Å². The quantitative estimate of drug-likeness (QED) is 0.838. The number of carbonyl (C=O) groups excluding carboxylic acids is 1. The number of nitrogens with zero attached hydrogens (tertiary/aromatic N) is 1. The average Bonchev–Trinajstić information content (AvgIpc) is 2.29. The van der Waals surface area contributed by atoms with Crippen molar-refractivity contribution in [1.82, 2.24) is 4.90 Å². The summed E-state index contributed by atoms with van der Waals surface area (Å²) in [6.07, 6.45) is 1.07. The highest BCUT2D eigenvalue weighted by molar-refractivity contribution is 7.92. The van der Waals surface area contributed by atoms with E-state index in [1.165, 1.54) is 18.7 Å². The van der Waals surface area contributed by atoms with E-state index in [4.69, 9.17) is 5.73 Å². The third-order valence-electron chi connectivity index (χ3n) is 3.19. The van der Waals surface area contributed by atoms with Crippen LogP contribution < -0.4 is 5.73 Å². The van der Waals surface area contributed by atoms with Gasteiger partial charge in [-0.1, -0.05) is 12.1 Å². The minimum absolute atomic E-state index is 0.345. The SMILES string of the molecule is CN(Cc1ccc(N)cc1)C(=O)C(C)(C)S(C)(=O)=O. The van der Waals surface area contributed by atoms with Gasteiger partial charge in [-0.25, -0.2) is 8.42 Å². The van der Waals surface area contributed by atoms with Crippen LogP contribution in [0.3, 0.4) is 0 Å². The van der Waals surface area contributed by atoms with Gasteiger partial charge in [-0.3, -0.25) is 4.79 Å². The van der Waals surface area contributed by atoms with E-state index in [-0.39, 0.29) is 0 Å². The summed E-state index contributed by atoms with van der Waals surface area (Å²) >= 11 is 0. The summed E-state index contributed by atoms with van der Waals surface area (Å²) in [5.41, 5.74) is 7.13. The number of rotatable bonds is 4. The zero-order valence-corrected chi connectivity index (χ0v) is 12.5. The molecule has 0 radical (unpaired) electrons. The molecule has 5 nitrogen and oxygen atoms in total. The predicted octanol–water partition coefficient (Wildman–Crippen LogP) is 1.05. The summed E-state index contributed by atoms with van der Waals surface area (Å²) < 4.78 is 21.8. The maximum Gasteiger partial charge on any atom is 0.243 e. The highest BCUT2D eigenvalue weighted by atomic mass is 32.2. The van der Waals surface area contributed by atoms with Gasteiger partial charge >= 0.3 is 0 Å². The van der Waals surface area contributed by atoms with Gasteiger partial charge in [0.25, 0.3) is 0 Å². The standard InChI is InChI=1S/C13H20N2O3S/c1-13(2,19(4,17)18)12(16)15(3)9-10-5-7-11(14)8-6-10/h5-8H,9,14H2,1-4H3. The van der Waals surface area contributed by atoms with E-state index in [0.29, 0.717) is 12.2 Å². The van der Waals surface area contributed by atoms with Gasteiger partial charge in [-0.2, -0.15) is 0 Å². The Bertz CT molecular complexity index is 562. The molecule has 0 saturated heterocycles. The summed E-state index contributed by atoms with van der Waals surface area (Å²) in [5, 5.41) is 0. The zero-order valence-electron chi connectivity index (χ0n) is 11.7. The Hall–Kier alpha value is -1.56. The van der Waals surface area contributed by atoms with Crippen LogP contribution in [0.15, 0.2) is 24.3 Å². The first kappa shape index (κ1) is 15.5. The van der Waals surface area contributed by atoms with Crippen molar-refractivity contribution < 1.29 is 13.2 Å². The largest absolute Gasteiger partial charge is 0.399 e. The lowest BCUT2D eigenvalue weighted by molar-refractivity contribution is -0.132. The van der Waals surface area contributed by atoms with Crippen LogP contribution in [0.1, 0.15) is 19.4 Å².